The summed E-state index contributed by atoms with van der Waals surface area (Å²) in [6.45, 7) is 5.09. The lowest BCUT2D eigenvalue weighted by atomic mass is 10.2. The van der Waals surface area contributed by atoms with Crippen LogP contribution in [0, 0.1) is 0 Å². The summed E-state index contributed by atoms with van der Waals surface area (Å²) in [4.78, 5) is 13.5. The highest BCUT2D eigenvalue weighted by Gasteiger charge is 2.21. The molecule has 1 aliphatic heterocycles. The van der Waals surface area contributed by atoms with Gasteiger partial charge in [-0.15, -0.1) is 0 Å². The van der Waals surface area contributed by atoms with Crippen LogP contribution in [0.3, 0.4) is 0 Å². The number of rotatable bonds is 5. The molecule has 8 heteroatoms. The van der Waals surface area contributed by atoms with Gasteiger partial charge in [0.25, 0.3) is 0 Å². The number of β-amino-alcohol motifs (C(OH)–C–C–N with tert-alkyl or cyclic N) is 1. The van der Waals surface area contributed by atoms with Crippen molar-refractivity contribution in [1.82, 2.24) is 24.6 Å². The third kappa shape index (κ3) is 3.38. The first-order chi connectivity index (χ1) is 12.8. The number of aromatic nitrogens is 4. The molecule has 3 aromatic rings. The van der Waals surface area contributed by atoms with Crippen molar-refractivity contribution < 1.29 is 5.11 Å². The Hall–Kier alpha value is -2.22. The van der Waals surface area contributed by atoms with Gasteiger partial charge in [0.2, 0.25) is 0 Å². The van der Waals surface area contributed by atoms with Crippen molar-refractivity contribution >= 4 is 28.5 Å². The molecule has 1 aliphatic rings. The molecular formula is C18H21ClN6O. The van der Waals surface area contributed by atoms with Crippen molar-refractivity contribution in [2.24, 2.45) is 0 Å². The molecule has 0 spiro atoms. The first-order valence-electron chi connectivity index (χ1n) is 8.74. The highest BCUT2D eigenvalue weighted by atomic mass is 35.5. The van der Waals surface area contributed by atoms with Gasteiger partial charge < -0.3 is 10.0 Å². The van der Waals surface area contributed by atoms with Gasteiger partial charge in [-0.3, -0.25) is 4.90 Å². The fourth-order valence-corrected chi connectivity index (χ4v) is 3.56. The predicted molar refractivity (Wildman–Crippen MR) is 102 cm³/mol. The molecule has 7 nitrogen and oxygen atoms in total. The van der Waals surface area contributed by atoms with Gasteiger partial charge in [-0.05, 0) is 11.6 Å². The first-order valence-corrected chi connectivity index (χ1v) is 9.12. The maximum Gasteiger partial charge on any atom is 0.163 e. The minimum atomic E-state index is 0.201. The summed E-state index contributed by atoms with van der Waals surface area (Å²) in [5, 5.41) is 15.3. The summed E-state index contributed by atoms with van der Waals surface area (Å²) in [6, 6.07) is 7.77. The standard InChI is InChI=1S/C18H21ClN6O/c19-16-4-2-1-3-14(16)12-25-18-15(11-22-25)17(20-13-21-18)24-7-5-23(6-8-24)9-10-26/h1-4,11,13,26H,5-10,12H2. The summed E-state index contributed by atoms with van der Waals surface area (Å²) in [7, 11) is 0. The van der Waals surface area contributed by atoms with Gasteiger partial charge in [0.1, 0.15) is 12.1 Å². The Bertz CT molecular complexity index is 890. The average Bonchev–Trinajstić information content (AvgIpc) is 3.08. The van der Waals surface area contributed by atoms with E-state index < -0.39 is 0 Å². The zero-order chi connectivity index (χ0) is 17.9. The molecule has 26 heavy (non-hydrogen) atoms. The number of aliphatic hydroxyl groups excluding tert-OH is 1. The van der Waals surface area contributed by atoms with Crippen molar-refractivity contribution in [2.75, 3.05) is 44.2 Å². The smallest absolute Gasteiger partial charge is 0.163 e. The zero-order valence-corrected chi connectivity index (χ0v) is 15.2. The molecule has 3 heterocycles. The second-order valence-corrected chi connectivity index (χ2v) is 6.79. The van der Waals surface area contributed by atoms with Crippen molar-refractivity contribution in [3.05, 3.63) is 47.4 Å². The molecule has 1 N–H and O–H groups in total. The third-order valence-corrected chi connectivity index (χ3v) is 5.15. The molecule has 0 unspecified atom stereocenters. The van der Waals surface area contributed by atoms with E-state index in [0.29, 0.717) is 6.54 Å². The van der Waals surface area contributed by atoms with E-state index in [1.54, 1.807) is 6.33 Å². The van der Waals surface area contributed by atoms with Crippen molar-refractivity contribution in [2.45, 2.75) is 6.54 Å². The van der Waals surface area contributed by atoms with E-state index >= 15 is 0 Å². The number of anilines is 1. The van der Waals surface area contributed by atoms with Crippen LogP contribution in [-0.2, 0) is 6.54 Å². The topological polar surface area (TPSA) is 70.3 Å². The molecule has 4 rings (SSSR count). The van der Waals surface area contributed by atoms with E-state index in [4.69, 9.17) is 16.7 Å². The number of nitrogens with zero attached hydrogens (tertiary/aromatic N) is 6. The van der Waals surface area contributed by atoms with Crippen LogP contribution < -0.4 is 4.90 Å². The summed E-state index contributed by atoms with van der Waals surface area (Å²) in [6.07, 6.45) is 3.43. The van der Waals surface area contributed by atoms with E-state index in [9.17, 15) is 0 Å². The third-order valence-electron chi connectivity index (χ3n) is 4.78. The zero-order valence-electron chi connectivity index (χ0n) is 14.4. The lowest BCUT2D eigenvalue weighted by Gasteiger charge is -2.35. The van der Waals surface area contributed by atoms with Gasteiger partial charge in [0.15, 0.2) is 5.65 Å². The summed E-state index contributed by atoms with van der Waals surface area (Å²) in [5.41, 5.74) is 1.82. The highest BCUT2D eigenvalue weighted by molar-refractivity contribution is 6.31. The molecular weight excluding hydrogens is 352 g/mol. The minimum absolute atomic E-state index is 0.201. The van der Waals surface area contributed by atoms with Gasteiger partial charge >= 0.3 is 0 Å². The van der Waals surface area contributed by atoms with Crippen molar-refractivity contribution in [3.63, 3.8) is 0 Å². The van der Waals surface area contributed by atoms with Crippen LogP contribution in [0.4, 0.5) is 5.82 Å². The summed E-state index contributed by atoms with van der Waals surface area (Å²) >= 11 is 6.28. The molecule has 1 aromatic carbocycles. The molecule has 0 atom stereocenters. The van der Waals surface area contributed by atoms with Crippen LogP contribution in [0.2, 0.25) is 5.02 Å². The highest BCUT2D eigenvalue weighted by Crippen LogP contribution is 2.25. The Morgan fingerprint density at radius 2 is 1.88 bits per heavy atom. The number of halogens is 1. The maximum absolute atomic E-state index is 9.09. The van der Waals surface area contributed by atoms with E-state index in [2.05, 4.69) is 24.9 Å². The van der Waals surface area contributed by atoms with Crippen LogP contribution in [0.5, 0.6) is 0 Å². The van der Waals surface area contributed by atoms with Gasteiger partial charge in [0, 0.05) is 37.7 Å². The Morgan fingerprint density at radius 1 is 1.08 bits per heavy atom. The van der Waals surface area contributed by atoms with Gasteiger partial charge in [-0.2, -0.15) is 5.10 Å². The number of benzene rings is 1. The number of hydrogen-bond acceptors (Lipinski definition) is 6. The predicted octanol–water partition coefficient (Wildman–Crippen LogP) is 1.64. The Kier molecular flexibility index (Phi) is 5.01. The quantitative estimate of drug-likeness (QED) is 0.734. The number of aliphatic hydroxyl groups is 1. The largest absolute Gasteiger partial charge is 0.395 e. The van der Waals surface area contributed by atoms with Gasteiger partial charge in [-0.1, -0.05) is 29.8 Å². The molecule has 0 amide bonds. The fraction of sp³-hybridized carbons (Fsp3) is 0.389. The molecule has 0 saturated carbocycles. The van der Waals surface area contributed by atoms with E-state index in [1.165, 1.54) is 0 Å². The van der Waals surface area contributed by atoms with Crippen molar-refractivity contribution in [3.8, 4) is 0 Å². The van der Waals surface area contributed by atoms with Crippen molar-refractivity contribution in [1.29, 1.82) is 0 Å². The van der Waals surface area contributed by atoms with Crippen LogP contribution in [0.15, 0.2) is 36.8 Å². The van der Waals surface area contributed by atoms with E-state index in [1.807, 2.05) is 35.1 Å². The van der Waals surface area contributed by atoms with E-state index in [-0.39, 0.29) is 6.61 Å². The summed E-state index contributed by atoms with van der Waals surface area (Å²) in [5.74, 6) is 0.920. The molecule has 136 valence electrons. The summed E-state index contributed by atoms with van der Waals surface area (Å²) < 4.78 is 1.86. The second-order valence-electron chi connectivity index (χ2n) is 6.38. The Labute approximate surface area is 156 Å². The lowest BCUT2D eigenvalue weighted by Crippen LogP contribution is -2.47. The normalized spacial score (nSPS) is 15.7. The number of fused-ring (bicyclic) bond motifs is 1. The number of piperazine rings is 1. The fourth-order valence-electron chi connectivity index (χ4n) is 3.36. The Balaban J connectivity index is 1.59. The Morgan fingerprint density at radius 3 is 2.65 bits per heavy atom. The van der Waals surface area contributed by atoms with Crippen LogP contribution in [0.1, 0.15) is 5.56 Å². The molecule has 1 fully saturated rings. The lowest BCUT2D eigenvalue weighted by molar-refractivity contribution is 0.188. The van der Waals surface area contributed by atoms with Crippen LogP contribution >= 0.6 is 11.6 Å². The molecule has 2 aromatic heterocycles. The maximum atomic E-state index is 9.09. The molecule has 0 radical (unpaired) electrons. The van der Waals surface area contributed by atoms with Gasteiger partial charge in [0.05, 0.1) is 24.7 Å². The van der Waals surface area contributed by atoms with Gasteiger partial charge in [-0.25, -0.2) is 14.6 Å². The van der Waals surface area contributed by atoms with E-state index in [0.717, 1.165) is 60.2 Å². The average molecular weight is 373 g/mol. The van der Waals surface area contributed by atoms with Crippen LogP contribution in [0.25, 0.3) is 11.0 Å². The molecule has 0 aliphatic carbocycles. The SMILES string of the molecule is OCCN1CCN(c2ncnc3c2cnn3Cc2ccccc2Cl)CC1. The van der Waals surface area contributed by atoms with Crippen LogP contribution in [-0.4, -0.2) is 69.1 Å². The first kappa shape index (κ1) is 17.2. The molecule has 1 saturated heterocycles. The second kappa shape index (κ2) is 7.57. The number of hydrogen-bond donors (Lipinski definition) is 1. The minimum Gasteiger partial charge on any atom is -0.395 e. The monoisotopic (exact) mass is 372 g/mol. The molecule has 0 bridgehead atoms.